The van der Waals surface area contributed by atoms with E-state index in [4.69, 9.17) is 5.73 Å². The zero-order valence-electron chi connectivity index (χ0n) is 7.66. The topological polar surface area (TPSA) is 60.9 Å². The Kier molecular flexibility index (Phi) is 1.73. The van der Waals surface area contributed by atoms with Gasteiger partial charge in [-0.1, -0.05) is 0 Å². The average Bonchev–Trinajstić information content (AvgIpc) is 2.86. The molecule has 1 saturated carbocycles. The highest BCUT2D eigenvalue weighted by atomic mass is 16.1. The van der Waals surface area contributed by atoms with Crippen molar-refractivity contribution in [1.29, 1.82) is 0 Å². The molecule has 2 N–H and O–H groups in total. The third-order valence-electron chi connectivity index (χ3n) is 2.46. The Balaban J connectivity index is 2.44. The fourth-order valence-electron chi connectivity index (χ4n) is 1.33. The number of nitrogens with two attached hydrogens (primary N) is 1. The van der Waals surface area contributed by atoms with Gasteiger partial charge in [-0.15, -0.1) is 0 Å². The minimum absolute atomic E-state index is 0.0597. The second kappa shape index (κ2) is 2.67. The zero-order valence-corrected chi connectivity index (χ0v) is 7.66. The predicted octanol–water partition coefficient (Wildman–Crippen LogP) is 0.211. The second-order valence-electron chi connectivity index (χ2n) is 3.53. The molecule has 0 bridgehead atoms. The molecule has 13 heavy (non-hydrogen) atoms. The third kappa shape index (κ3) is 1.37. The standard InChI is InChI=1S/C9H13N3O/c1-2-12-8(13)4-3-7(11-12)9(10)5-6-9/h3-4H,2,5-6,10H2,1H3. The summed E-state index contributed by atoms with van der Waals surface area (Å²) in [5.74, 6) is 0. The van der Waals surface area contributed by atoms with Crippen molar-refractivity contribution in [1.82, 2.24) is 9.78 Å². The van der Waals surface area contributed by atoms with Crippen LogP contribution in [0.4, 0.5) is 0 Å². The van der Waals surface area contributed by atoms with E-state index in [-0.39, 0.29) is 11.1 Å². The first kappa shape index (κ1) is 8.44. The van der Waals surface area contributed by atoms with Crippen molar-refractivity contribution in [2.75, 3.05) is 0 Å². The Morgan fingerprint density at radius 2 is 2.31 bits per heavy atom. The van der Waals surface area contributed by atoms with Crippen LogP contribution in [0.1, 0.15) is 25.5 Å². The molecule has 0 radical (unpaired) electrons. The largest absolute Gasteiger partial charge is 0.320 e. The number of aromatic nitrogens is 2. The summed E-state index contributed by atoms with van der Waals surface area (Å²) in [5.41, 5.74) is 6.50. The summed E-state index contributed by atoms with van der Waals surface area (Å²) in [4.78, 5) is 11.2. The van der Waals surface area contributed by atoms with E-state index in [1.54, 1.807) is 12.1 Å². The van der Waals surface area contributed by atoms with Crippen molar-refractivity contribution < 1.29 is 0 Å². The molecule has 4 nitrogen and oxygen atoms in total. The van der Waals surface area contributed by atoms with E-state index >= 15 is 0 Å². The summed E-state index contributed by atoms with van der Waals surface area (Å²) in [5, 5.41) is 4.20. The molecule has 1 heterocycles. The molecular formula is C9H13N3O. The lowest BCUT2D eigenvalue weighted by Gasteiger charge is -2.09. The summed E-state index contributed by atoms with van der Waals surface area (Å²) >= 11 is 0. The van der Waals surface area contributed by atoms with Gasteiger partial charge in [0.15, 0.2) is 0 Å². The van der Waals surface area contributed by atoms with Crippen LogP contribution in [0.25, 0.3) is 0 Å². The van der Waals surface area contributed by atoms with Crippen LogP contribution in [0.15, 0.2) is 16.9 Å². The summed E-state index contributed by atoms with van der Waals surface area (Å²) in [7, 11) is 0. The summed E-state index contributed by atoms with van der Waals surface area (Å²) < 4.78 is 1.45. The highest BCUT2D eigenvalue weighted by Crippen LogP contribution is 2.40. The Bertz CT molecular complexity index is 379. The summed E-state index contributed by atoms with van der Waals surface area (Å²) in [6.45, 7) is 2.50. The highest BCUT2D eigenvalue weighted by Gasteiger charge is 2.41. The van der Waals surface area contributed by atoms with Crippen LogP contribution in [0.5, 0.6) is 0 Å². The monoisotopic (exact) mass is 179 g/mol. The highest BCUT2D eigenvalue weighted by molar-refractivity contribution is 5.20. The fourth-order valence-corrected chi connectivity index (χ4v) is 1.33. The normalized spacial score (nSPS) is 18.6. The maximum absolute atomic E-state index is 11.2. The molecule has 0 unspecified atom stereocenters. The fraction of sp³-hybridized carbons (Fsp3) is 0.556. The van der Waals surface area contributed by atoms with Crippen LogP contribution in [-0.2, 0) is 12.1 Å². The molecule has 0 spiro atoms. The van der Waals surface area contributed by atoms with Gasteiger partial charge in [0.2, 0.25) is 0 Å². The van der Waals surface area contributed by atoms with Gasteiger partial charge in [0.1, 0.15) is 0 Å². The van der Waals surface area contributed by atoms with Gasteiger partial charge in [-0.25, -0.2) is 4.68 Å². The number of nitrogens with zero attached hydrogens (tertiary/aromatic N) is 2. The van der Waals surface area contributed by atoms with Gasteiger partial charge in [-0.05, 0) is 25.8 Å². The first-order valence-corrected chi connectivity index (χ1v) is 4.53. The van der Waals surface area contributed by atoms with Crippen LogP contribution >= 0.6 is 0 Å². The number of rotatable bonds is 2. The first-order chi connectivity index (χ1) is 6.15. The van der Waals surface area contributed by atoms with Crippen molar-refractivity contribution in [2.45, 2.75) is 31.8 Å². The van der Waals surface area contributed by atoms with Gasteiger partial charge in [-0.3, -0.25) is 4.79 Å². The molecule has 4 heteroatoms. The van der Waals surface area contributed by atoms with Gasteiger partial charge in [0, 0.05) is 12.6 Å². The van der Waals surface area contributed by atoms with Crippen LogP contribution in [0.3, 0.4) is 0 Å². The molecule has 70 valence electrons. The molecule has 0 atom stereocenters. The summed E-state index contributed by atoms with van der Waals surface area (Å²) in [6.07, 6.45) is 1.95. The molecular weight excluding hydrogens is 166 g/mol. The molecule has 0 amide bonds. The maximum atomic E-state index is 11.2. The predicted molar refractivity (Wildman–Crippen MR) is 49.3 cm³/mol. The first-order valence-electron chi connectivity index (χ1n) is 4.53. The van der Waals surface area contributed by atoms with E-state index in [0.717, 1.165) is 18.5 Å². The van der Waals surface area contributed by atoms with Gasteiger partial charge < -0.3 is 5.73 Å². The van der Waals surface area contributed by atoms with Crippen molar-refractivity contribution >= 4 is 0 Å². The molecule has 1 aromatic heterocycles. The van der Waals surface area contributed by atoms with Crippen LogP contribution < -0.4 is 11.3 Å². The van der Waals surface area contributed by atoms with Crippen LogP contribution in [-0.4, -0.2) is 9.78 Å². The number of hydrogen-bond acceptors (Lipinski definition) is 3. The van der Waals surface area contributed by atoms with Crippen molar-refractivity contribution in [3.8, 4) is 0 Å². The average molecular weight is 179 g/mol. The molecule has 0 saturated heterocycles. The van der Waals surface area contributed by atoms with Crippen molar-refractivity contribution in [3.05, 3.63) is 28.2 Å². The zero-order chi connectivity index (χ0) is 9.47. The van der Waals surface area contributed by atoms with Gasteiger partial charge in [-0.2, -0.15) is 5.10 Å². The van der Waals surface area contributed by atoms with Gasteiger partial charge >= 0.3 is 0 Å². The molecule has 0 aliphatic heterocycles. The minimum atomic E-state index is -0.245. The van der Waals surface area contributed by atoms with Crippen LogP contribution in [0, 0.1) is 0 Å². The summed E-state index contributed by atoms with van der Waals surface area (Å²) in [6, 6.07) is 3.28. The lowest BCUT2D eigenvalue weighted by Crippen LogP contribution is -2.28. The van der Waals surface area contributed by atoms with E-state index in [1.807, 2.05) is 6.92 Å². The van der Waals surface area contributed by atoms with E-state index in [9.17, 15) is 4.79 Å². The van der Waals surface area contributed by atoms with E-state index in [2.05, 4.69) is 5.10 Å². The smallest absolute Gasteiger partial charge is 0.266 e. The molecule has 1 aliphatic rings. The maximum Gasteiger partial charge on any atom is 0.266 e. The quantitative estimate of drug-likeness (QED) is 0.706. The number of hydrogen-bond donors (Lipinski definition) is 1. The second-order valence-corrected chi connectivity index (χ2v) is 3.53. The van der Waals surface area contributed by atoms with Gasteiger partial charge in [0.05, 0.1) is 11.2 Å². The molecule has 0 aromatic carbocycles. The minimum Gasteiger partial charge on any atom is -0.320 e. The molecule has 1 aromatic rings. The molecule has 1 aliphatic carbocycles. The van der Waals surface area contributed by atoms with Crippen molar-refractivity contribution in [3.63, 3.8) is 0 Å². The Morgan fingerprint density at radius 1 is 1.62 bits per heavy atom. The SMILES string of the molecule is CCn1nc(C2(N)CC2)ccc1=O. The molecule has 2 rings (SSSR count). The lowest BCUT2D eigenvalue weighted by molar-refractivity contribution is 0.565. The van der Waals surface area contributed by atoms with Crippen molar-refractivity contribution in [2.24, 2.45) is 5.73 Å². The third-order valence-corrected chi connectivity index (χ3v) is 2.46. The van der Waals surface area contributed by atoms with E-state index in [1.165, 1.54) is 4.68 Å². The van der Waals surface area contributed by atoms with Gasteiger partial charge in [0.25, 0.3) is 5.56 Å². The van der Waals surface area contributed by atoms with E-state index in [0.29, 0.717) is 6.54 Å². The Morgan fingerprint density at radius 3 is 2.85 bits per heavy atom. The van der Waals surface area contributed by atoms with E-state index < -0.39 is 0 Å². The molecule has 1 fully saturated rings. The Labute approximate surface area is 76.4 Å². The van der Waals surface area contributed by atoms with Crippen LogP contribution in [0.2, 0.25) is 0 Å². The lowest BCUT2D eigenvalue weighted by atomic mass is 10.2. The Hall–Kier alpha value is -1.16. The number of aryl methyl sites for hydroxylation is 1.